The van der Waals surface area contributed by atoms with Gasteiger partial charge in [-0.25, -0.2) is 4.39 Å². The number of halogens is 1. The Balaban J connectivity index is 1.74. The lowest BCUT2D eigenvalue weighted by Gasteiger charge is -2.08. The molecule has 0 aliphatic rings. The molecular formula is C17H20FNO. The van der Waals surface area contributed by atoms with Gasteiger partial charge in [-0.1, -0.05) is 42.5 Å². The Labute approximate surface area is 119 Å². The van der Waals surface area contributed by atoms with E-state index in [-0.39, 0.29) is 5.82 Å². The molecule has 2 nitrogen and oxygen atoms in total. The molecule has 20 heavy (non-hydrogen) atoms. The molecule has 0 saturated carbocycles. The van der Waals surface area contributed by atoms with Crippen LogP contribution in [-0.2, 0) is 12.8 Å². The summed E-state index contributed by atoms with van der Waals surface area (Å²) < 4.78 is 18.9. The van der Waals surface area contributed by atoms with Crippen LogP contribution in [0.2, 0.25) is 0 Å². The van der Waals surface area contributed by atoms with Crippen molar-refractivity contribution in [3.8, 4) is 5.75 Å². The summed E-state index contributed by atoms with van der Waals surface area (Å²) in [5, 5.41) is 3.34. The highest BCUT2D eigenvalue weighted by molar-refractivity contribution is 5.31. The zero-order chi connectivity index (χ0) is 14.2. The maximum absolute atomic E-state index is 13.9. The smallest absolute Gasteiger partial charge is 0.168 e. The third-order valence-electron chi connectivity index (χ3n) is 3.27. The van der Waals surface area contributed by atoms with Crippen molar-refractivity contribution in [3.05, 3.63) is 65.5 Å². The number of hydrogen-bond acceptors (Lipinski definition) is 2. The first kappa shape index (κ1) is 14.5. The van der Waals surface area contributed by atoms with Crippen molar-refractivity contribution >= 4 is 0 Å². The minimum Gasteiger partial charge on any atom is -0.494 e. The summed E-state index contributed by atoms with van der Waals surface area (Å²) >= 11 is 0. The molecule has 0 heterocycles. The molecular weight excluding hydrogens is 253 g/mol. The molecule has 3 heteroatoms. The molecule has 2 rings (SSSR count). The van der Waals surface area contributed by atoms with Crippen molar-refractivity contribution in [2.75, 3.05) is 20.2 Å². The maximum Gasteiger partial charge on any atom is 0.168 e. The number of hydrogen-bond donors (Lipinski definition) is 1. The highest BCUT2D eigenvalue weighted by atomic mass is 19.1. The van der Waals surface area contributed by atoms with Gasteiger partial charge in [-0.05, 0) is 43.1 Å². The summed E-state index contributed by atoms with van der Waals surface area (Å²) in [5.74, 6) is 0.0617. The van der Waals surface area contributed by atoms with Crippen molar-refractivity contribution in [2.45, 2.75) is 12.8 Å². The van der Waals surface area contributed by atoms with Gasteiger partial charge in [0.05, 0.1) is 7.11 Å². The van der Waals surface area contributed by atoms with Gasteiger partial charge >= 0.3 is 0 Å². The SMILES string of the molecule is COc1cccc(CCNCCc2ccccc2)c1F. The van der Waals surface area contributed by atoms with E-state index < -0.39 is 0 Å². The van der Waals surface area contributed by atoms with Crippen LogP contribution < -0.4 is 10.1 Å². The zero-order valence-electron chi connectivity index (χ0n) is 11.7. The molecule has 2 aromatic rings. The highest BCUT2D eigenvalue weighted by Gasteiger charge is 2.07. The average molecular weight is 273 g/mol. The summed E-state index contributed by atoms with van der Waals surface area (Å²) in [4.78, 5) is 0. The second-order valence-electron chi connectivity index (χ2n) is 4.67. The van der Waals surface area contributed by atoms with E-state index in [1.165, 1.54) is 12.7 Å². The lowest BCUT2D eigenvalue weighted by atomic mass is 10.1. The third-order valence-corrected chi connectivity index (χ3v) is 3.27. The second kappa shape index (κ2) is 7.65. The van der Waals surface area contributed by atoms with Crippen LogP contribution in [0.3, 0.4) is 0 Å². The molecule has 0 aliphatic heterocycles. The highest BCUT2D eigenvalue weighted by Crippen LogP contribution is 2.19. The van der Waals surface area contributed by atoms with Crippen LogP contribution in [0.15, 0.2) is 48.5 Å². The summed E-state index contributed by atoms with van der Waals surface area (Å²) in [7, 11) is 1.49. The Morgan fingerprint density at radius 1 is 0.950 bits per heavy atom. The first-order valence-corrected chi connectivity index (χ1v) is 6.87. The maximum atomic E-state index is 13.9. The van der Waals surface area contributed by atoms with Crippen LogP contribution in [0.1, 0.15) is 11.1 Å². The first-order chi connectivity index (χ1) is 9.81. The zero-order valence-corrected chi connectivity index (χ0v) is 11.7. The van der Waals surface area contributed by atoms with E-state index in [2.05, 4.69) is 17.4 Å². The van der Waals surface area contributed by atoms with Crippen LogP contribution in [-0.4, -0.2) is 20.2 Å². The summed E-state index contributed by atoms with van der Waals surface area (Å²) in [5.41, 5.74) is 2.00. The van der Waals surface area contributed by atoms with E-state index in [0.29, 0.717) is 17.7 Å². The van der Waals surface area contributed by atoms with E-state index in [1.807, 2.05) is 24.3 Å². The topological polar surface area (TPSA) is 21.3 Å². The van der Waals surface area contributed by atoms with Crippen molar-refractivity contribution < 1.29 is 9.13 Å². The fraction of sp³-hybridized carbons (Fsp3) is 0.294. The summed E-state index contributed by atoms with van der Waals surface area (Å²) in [6, 6.07) is 15.6. The average Bonchev–Trinajstić information content (AvgIpc) is 2.49. The predicted octanol–water partition coefficient (Wildman–Crippen LogP) is 3.21. The lowest BCUT2D eigenvalue weighted by molar-refractivity contribution is 0.384. The standard InChI is InChI=1S/C17H20FNO/c1-20-16-9-5-8-15(17(16)18)11-13-19-12-10-14-6-3-2-4-7-14/h2-9,19H,10-13H2,1H3. The first-order valence-electron chi connectivity index (χ1n) is 6.87. The van der Waals surface area contributed by atoms with Gasteiger partial charge in [0.1, 0.15) is 0 Å². The van der Waals surface area contributed by atoms with Gasteiger partial charge < -0.3 is 10.1 Å². The minimum atomic E-state index is -0.250. The number of rotatable bonds is 7. The van der Waals surface area contributed by atoms with E-state index in [0.717, 1.165) is 19.5 Å². The van der Waals surface area contributed by atoms with Gasteiger partial charge in [0.15, 0.2) is 11.6 Å². The van der Waals surface area contributed by atoms with Gasteiger partial charge in [0, 0.05) is 0 Å². The van der Waals surface area contributed by atoms with Gasteiger partial charge in [-0.15, -0.1) is 0 Å². The monoisotopic (exact) mass is 273 g/mol. The molecule has 0 spiro atoms. The number of benzene rings is 2. The van der Waals surface area contributed by atoms with Gasteiger partial charge in [-0.2, -0.15) is 0 Å². The van der Waals surface area contributed by atoms with Gasteiger partial charge in [0.2, 0.25) is 0 Å². The molecule has 1 N–H and O–H groups in total. The van der Waals surface area contributed by atoms with Crippen LogP contribution in [0.5, 0.6) is 5.75 Å². The van der Waals surface area contributed by atoms with Crippen molar-refractivity contribution in [3.63, 3.8) is 0 Å². The van der Waals surface area contributed by atoms with E-state index >= 15 is 0 Å². The fourth-order valence-corrected chi connectivity index (χ4v) is 2.13. The van der Waals surface area contributed by atoms with Crippen LogP contribution in [0, 0.1) is 5.82 Å². The van der Waals surface area contributed by atoms with E-state index in [1.54, 1.807) is 12.1 Å². The molecule has 0 saturated heterocycles. The molecule has 106 valence electrons. The van der Waals surface area contributed by atoms with Crippen molar-refractivity contribution in [1.82, 2.24) is 5.32 Å². The molecule has 0 unspecified atom stereocenters. The number of nitrogens with one attached hydrogen (secondary N) is 1. The Morgan fingerprint density at radius 3 is 2.45 bits per heavy atom. The Hall–Kier alpha value is -1.87. The molecule has 0 atom stereocenters. The summed E-state index contributed by atoms with van der Waals surface area (Å²) in [6.07, 6.45) is 1.65. The minimum absolute atomic E-state index is 0.250. The van der Waals surface area contributed by atoms with Crippen molar-refractivity contribution in [1.29, 1.82) is 0 Å². The van der Waals surface area contributed by atoms with Gasteiger partial charge in [-0.3, -0.25) is 0 Å². The summed E-state index contributed by atoms with van der Waals surface area (Å²) in [6.45, 7) is 1.66. The number of ether oxygens (including phenoxy) is 1. The predicted molar refractivity (Wildman–Crippen MR) is 79.7 cm³/mol. The normalized spacial score (nSPS) is 10.5. The molecule has 0 amide bonds. The second-order valence-corrected chi connectivity index (χ2v) is 4.67. The van der Waals surface area contributed by atoms with E-state index in [9.17, 15) is 4.39 Å². The molecule has 0 fully saturated rings. The Kier molecular flexibility index (Phi) is 5.56. The largest absolute Gasteiger partial charge is 0.494 e. The molecule has 2 aromatic carbocycles. The lowest BCUT2D eigenvalue weighted by Crippen LogP contribution is -2.20. The van der Waals surface area contributed by atoms with Crippen LogP contribution >= 0.6 is 0 Å². The van der Waals surface area contributed by atoms with Crippen LogP contribution in [0.4, 0.5) is 4.39 Å². The van der Waals surface area contributed by atoms with E-state index in [4.69, 9.17) is 4.74 Å². The number of methoxy groups -OCH3 is 1. The van der Waals surface area contributed by atoms with Gasteiger partial charge in [0.25, 0.3) is 0 Å². The van der Waals surface area contributed by atoms with Crippen LogP contribution in [0.25, 0.3) is 0 Å². The third kappa shape index (κ3) is 4.07. The Bertz CT molecular complexity index is 528. The molecule has 0 aliphatic carbocycles. The van der Waals surface area contributed by atoms with Crippen molar-refractivity contribution in [2.24, 2.45) is 0 Å². The molecule has 0 bridgehead atoms. The quantitative estimate of drug-likeness (QED) is 0.782. The molecule has 0 aromatic heterocycles. The Morgan fingerprint density at radius 2 is 1.70 bits per heavy atom. The fourth-order valence-electron chi connectivity index (χ4n) is 2.13. The molecule has 0 radical (unpaired) electrons.